The second-order valence-electron chi connectivity index (χ2n) is 4.38. The molecular formula is C13H21N5O3S3. The second-order valence-corrected chi connectivity index (χ2v) is 7.81. The number of nitrogens with one attached hydrogen (secondary N) is 2. The highest BCUT2D eigenvalue weighted by molar-refractivity contribution is 8.03. The molecule has 1 aromatic heterocycles. The Morgan fingerprint density at radius 2 is 1.62 bits per heavy atom. The highest BCUT2D eigenvalue weighted by atomic mass is 32.2. The van der Waals surface area contributed by atoms with E-state index in [0.29, 0.717) is 34.1 Å². The monoisotopic (exact) mass is 391 g/mol. The summed E-state index contributed by atoms with van der Waals surface area (Å²) in [6, 6.07) is -0.508. The lowest BCUT2D eigenvalue weighted by Gasteiger charge is -2.17. The number of imide groups is 1. The third-order valence-electron chi connectivity index (χ3n) is 2.74. The molecule has 134 valence electrons. The van der Waals surface area contributed by atoms with E-state index in [4.69, 9.17) is 0 Å². The molecule has 11 heteroatoms. The molecule has 2 N–H and O–H groups in total. The number of aromatic nitrogens is 2. The van der Waals surface area contributed by atoms with Crippen molar-refractivity contribution < 1.29 is 14.4 Å². The third kappa shape index (κ3) is 7.49. The highest BCUT2D eigenvalue weighted by Crippen LogP contribution is 2.28. The molecule has 1 heterocycles. The predicted molar refractivity (Wildman–Crippen MR) is 96.5 cm³/mol. The molecule has 0 atom stereocenters. The third-order valence-corrected chi connectivity index (χ3v) is 5.91. The van der Waals surface area contributed by atoms with Crippen LogP contribution in [0.5, 0.6) is 0 Å². The van der Waals surface area contributed by atoms with Crippen LogP contribution in [0.4, 0.5) is 4.79 Å². The van der Waals surface area contributed by atoms with Crippen LogP contribution < -0.4 is 10.6 Å². The van der Waals surface area contributed by atoms with Crippen LogP contribution in [0.3, 0.4) is 0 Å². The summed E-state index contributed by atoms with van der Waals surface area (Å²) in [5.41, 5.74) is 0. The van der Waals surface area contributed by atoms with Crippen molar-refractivity contribution in [3.8, 4) is 0 Å². The molecule has 0 unspecified atom stereocenters. The van der Waals surface area contributed by atoms with E-state index in [1.54, 1.807) is 11.8 Å². The van der Waals surface area contributed by atoms with E-state index in [1.807, 2.05) is 13.8 Å². The summed E-state index contributed by atoms with van der Waals surface area (Å²) in [4.78, 5) is 36.5. The maximum absolute atomic E-state index is 11.9. The average molecular weight is 392 g/mol. The number of carbonyl (C=O) groups is 3. The summed E-state index contributed by atoms with van der Waals surface area (Å²) < 4.78 is 1.31. The number of rotatable bonds is 9. The zero-order chi connectivity index (χ0) is 17.9. The Morgan fingerprint density at radius 1 is 1.04 bits per heavy atom. The average Bonchev–Trinajstić information content (AvgIpc) is 3.00. The number of thioether (sulfide) groups is 2. The maximum Gasteiger partial charge on any atom is 0.321 e. The lowest BCUT2D eigenvalue weighted by molar-refractivity contribution is -0.128. The van der Waals surface area contributed by atoms with Gasteiger partial charge in [-0.25, -0.2) is 4.79 Å². The lowest BCUT2D eigenvalue weighted by atomic mass is 10.5. The number of hydrogen-bond donors (Lipinski definition) is 2. The van der Waals surface area contributed by atoms with Gasteiger partial charge in [-0.1, -0.05) is 34.9 Å². The van der Waals surface area contributed by atoms with Gasteiger partial charge in [-0.15, -0.1) is 10.2 Å². The first kappa shape index (κ1) is 20.7. The topological polar surface area (TPSA) is 104 Å². The standard InChI is InChI=1S/C13H21N5O3S3/c1-4-14-11(21)15-9(19)7-22-12-16-17-13(24-12)23-8-10(20)18(5-2)6-3/h4-8H2,1-3H3,(H2,14,15,19,21). The molecule has 4 amide bonds. The van der Waals surface area contributed by atoms with Crippen LogP contribution >= 0.6 is 34.9 Å². The van der Waals surface area contributed by atoms with Crippen LogP contribution in [0.2, 0.25) is 0 Å². The summed E-state index contributed by atoms with van der Waals surface area (Å²) >= 11 is 3.86. The van der Waals surface area contributed by atoms with Gasteiger partial charge in [-0.3, -0.25) is 14.9 Å². The molecule has 0 aliphatic rings. The number of urea groups is 1. The Morgan fingerprint density at radius 3 is 2.17 bits per heavy atom. The summed E-state index contributed by atoms with van der Waals surface area (Å²) in [6.07, 6.45) is 0. The van der Waals surface area contributed by atoms with Gasteiger partial charge in [0.05, 0.1) is 11.5 Å². The molecule has 8 nitrogen and oxygen atoms in total. The van der Waals surface area contributed by atoms with Gasteiger partial charge in [-0.2, -0.15) is 0 Å². The Labute approximate surface area is 153 Å². The van der Waals surface area contributed by atoms with Gasteiger partial charge in [0, 0.05) is 19.6 Å². The van der Waals surface area contributed by atoms with E-state index in [2.05, 4.69) is 20.8 Å². The fraction of sp³-hybridized carbons (Fsp3) is 0.615. The molecule has 0 spiro atoms. The Balaban J connectivity index is 2.37. The second kappa shape index (κ2) is 11.3. The molecule has 1 rings (SSSR count). The maximum atomic E-state index is 11.9. The highest BCUT2D eigenvalue weighted by Gasteiger charge is 2.14. The first-order chi connectivity index (χ1) is 11.5. The van der Waals surface area contributed by atoms with Crippen LogP contribution in [-0.4, -0.2) is 64.1 Å². The van der Waals surface area contributed by atoms with E-state index in [0.717, 1.165) is 0 Å². The molecule has 0 saturated carbocycles. The van der Waals surface area contributed by atoms with Gasteiger partial charge in [-0.05, 0) is 20.8 Å². The first-order valence-electron chi connectivity index (χ1n) is 7.44. The fourth-order valence-corrected chi connectivity index (χ4v) is 4.32. The van der Waals surface area contributed by atoms with Gasteiger partial charge in [0.25, 0.3) is 0 Å². The molecular weight excluding hydrogens is 370 g/mol. The van der Waals surface area contributed by atoms with Crippen molar-refractivity contribution >= 4 is 52.7 Å². The number of hydrogen-bond acceptors (Lipinski definition) is 8. The van der Waals surface area contributed by atoms with Crippen molar-refractivity contribution in [1.82, 2.24) is 25.7 Å². The summed E-state index contributed by atoms with van der Waals surface area (Å²) in [7, 11) is 0. The molecule has 24 heavy (non-hydrogen) atoms. The molecule has 0 aliphatic carbocycles. The van der Waals surface area contributed by atoms with Gasteiger partial charge < -0.3 is 10.2 Å². The lowest BCUT2D eigenvalue weighted by Crippen LogP contribution is -2.40. The molecule has 0 bridgehead atoms. The molecule has 0 aromatic carbocycles. The van der Waals surface area contributed by atoms with Crippen LogP contribution in [0.1, 0.15) is 20.8 Å². The van der Waals surface area contributed by atoms with E-state index in [-0.39, 0.29) is 11.7 Å². The minimum atomic E-state index is -0.508. The number of amides is 4. The van der Waals surface area contributed by atoms with Crippen molar-refractivity contribution in [3.05, 3.63) is 0 Å². The van der Waals surface area contributed by atoms with Crippen LogP contribution in [0.15, 0.2) is 8.68 Å². The minimum Gasteiger partial charge on any atom is -0.343 e. The van der Waals surface area contributed by atoms with Crippen molar-refractivity contribution in [2.45, 2.75) is 29.5 Å². The fourth-order valence-electron chi connectivity index (χ4n) is 1.60. The van der Waals surface area contributed by atoms with E-state index < -0.39 is 11.9 Å². The zero-order valence-electron chi connectivity index (χ0n) is 13.8. The van der Waals surface area contributed by atoms with Crippen molar-refractivity contribution in [3.63, 3.8) is 0 Å². The molecule has 0 saturated heterocycles. The minimum absolute atomic E-state index is 0.0655. The SMILES string of the molecule is CCNC(=O)NC(=O)CSc1nnc(SCC(=O)N(CC)CC)s1. The molecule has 0 aliphatic heterocycles. The smallest absolute Gasteiger partial charge is 0.321 e. The summed E-state index contributed by atoms with van der Waals surface area (Å²) in [5, 5.41) is 12.7. The van der Waals surface area contributed by atoms with E-state index in [9.17, 15) is 14.4 Å². The quantitative estimate of drug-likeness (QED) is 0.614. The van der Waals surface area contributed by atoms with Gasteiger partial charge in [0.15, 0.2) is 8.68 Å². The van der Waals surface area contributed by atoms with Gasteiger partial charge >= 0.3 is 6.03 Å². The van der Waals surface area contributed by atoms with E-state index >= 15 is 0 Å². The van der Waals surface area contributed by atoms with Crippen LogP contribution in [0, 0.1) is 0 Å². The van der Waals surface area contributed by atoms with Crippen LogP contribution in [-0.2, 0) is 9.59 Å². The number of carbonyl (C=O) groups excluding carboxylic acids is 3. The molecule has 1 aromatic rings. The summed E-state index contributed by atoms with van der Waals surface area (Å²) in [6.45, 7) is 7.48. The molecule has 0 radical (unpaired) electrons. The normalized spacial score (nSPS) is 10.3. The van der Waals surface area contributed by atoms with Crippen molar-refractivity contribution in [2.24, 2.45) is 0 Å². The van der Waals surface area contributed by atoms with Gasteiger partial charge in [0.1, 0.15) is 0 Å². The van der Waals surface area contributed by atoms with Crippen molar-refractivity contribution in [1.29, 1.82) is 0 Å². The van der Waals surface area contributed by atoms with Crippen molar-refractivity contribution in [2.75, 3.05) is 31.1 Å². The van der Waals surface area contributed by atoms with Gasteiger partial charge in [0.2, 0.25) is 11.8 Å². The number of nitrogens with zero attached hydrogens (tertiary/aromatic N) is 3. The summed E-state index contributed by atoms with van der Waals surface area (Å²) in [5.74, 6) is 0.0655. The first-order valence-corrected chi connectivity index (χ1v) is 10.2. The Kier molecular flexibility index (Phi) is 9.72. The Bertz CT molecular complexity index is 563. The zero-order valence-corrected chi connectivity index (χ0v) is 16.3. The largest absolute Gasteiger partial charge is 0.343 e. The molecule has 0 fully saturated rings. The van der Waals surface area contributed by atoms with Crippen LogP contribution in [0.25, 0.3) is 0 Å². The predicted octanol–water partition coefficient (Wildman–Crippen LogP) is 1.44. The van der Waals surface area contributed by atoms with E-state index in [1.165, 1.54) is 34.9 Å². The Hall–Kier alpha value is -1.33.